The number of amides is 1. The van der Waals surface area contributed by atoms with Crippen molar-refractivity contribution in [2.24, 2.45) is 0 Å². The van der Waals surface area contributed by atoms with Gasteiger partial charge in [0.05, 0.1) is 0 Å². The van der Waals surface area contributed by atoms with Gasteiger partial charge in [-0.05, 0) is 45.4 Å². The highest BCUT2D eigenvalue weighted by molar-refractivity contribution is 7.87. The van der Waals surface area contributed by atoms with E-state index in [-0.39, 0.29) is 16.4 Å². The Hall–Kier alpha value is -1.36. The molecule has 0 saturated heterocycles. The van der Waals surface area contributed by atoms with E-state index >= 15 is 0 Å². The zero-order valence-corrected chi connectivity index (χ0v) is 12.1. The third kappa shape index (κ3) is 3.84. The van der Waals surface area contributed by atoms with E-state index in [1.807, 2.05) is 27.7 Å². The molecule has 0 aliphatic carbocycles. The number of rotatable bonds is 3. The number of nitrogens with two attached hydrogens (primary N) is 1. The number of anilines is 2. The van der Waals surface area contributed by atoms with Crippen LogP contribution in [0.5, 0.6) is 0 Å². The van der Waals surface area contributed by atoms with Gasteiger partial charge < -0.3 is 11.1 Å². The van der Waals surface area contributed by atoms with E-state index in [1.54, 1.807) is 18.2 Å². The van der Waals surface area contributed by atoms with E-state index in [2.05, 4.69) is 5.32 Å². The second-order valence-electron chi connectivity index (χ2n) is 5.17. The monoisotopic (exact) mass is 268 g/mol. The van der Waals surface area contributed by atoms with E-state index in [0.717, 1.165) is 5.56 Å². The van der Waals surface area contributed by atoms with Crippen LogP contribution in [0.1, 0.15) is 26.3 Å². The maximum Gasteiger partial charge on any atom is 0.237 e. The zero-order valence-electron chi connectivity index (χ0n) is 11.2. The lowest BCUT2D eigenvalue weighted by atomic mass is 10.1. The molecule has 0 aromatic heterocycles. The fourth-order valence-electron chi connectivity index (χ4n) is 1.31. The fraction of sp³-hybridized carbons (Fsp3) is 0.462. The van der Waals surface area contributed by atoms with E-state index < -0.39 is 10.8 Å². The summed E-state index contributed by atoms with van der Waals surface area (Å²) >= 11 is 0. The summed E-state index contributed by atoms with van der Waals surface area (Å²) in [6.07, 6.45) is 0. The van der Waals surface area contributed by atoms with Crippen molar-refractivity contribution in [1.82, 2.24) is 0 Å². The van der Waals surface area contributed by atoms with Gasteiger partial charge in [-0.25, -0.2) is 0 Å². The zero-order chi connectivity index (χ0) is 13.9. The van der Waals surface area contributed by atoms with Gasteiger partial charge >= 0.3 is 0 Å². The second kappa shape index (κ2) is 5.52. The first-order chi connectivity index (χ1) is 8.21. The topological polar surface area (TPSA) is 72.2 Å². The van der Waals surface area contributed by atoms with Crippen molar-refractivity contribution < 1.29 is 9.00 Å². The van der Waals surface area contributed by atoms with Crippen molar-refractivity contribution in [3.63, 3.8) is 0 Å². The molecule has 100 valence electrons. The molecular weight excluding hydrogens is 248 g/mol. The third-order valence-corrected chi connectivity index (χ3v) is 4.49. The Morgan fingerprint density at radius 2 is 2.00 bits per heavy atom. The molecule has 1 aromatic rings. The van der Waals surface area contributed by atoms with Crippen LogP contribution >= 0.6 is 0 Å². The van der Waals surface area contributed by atoms with Crippen LogP contribution in [0, 0.1) is 6.92 Å². The minimum absolute atomic E-state index is 0.00224. The molecule has 1 amide bonds. The minimum Gasteiger partial charge on any atom is -0.398 e. The Balaban J connectivity index is 2.72. The number of nitrogens with one attached hydrogen (secondary N) is 1. The van der Waals surface area contributed by atoms with E-state index in [9.17, 15) is 9.00 Å². The van der Waals surface area contributed by atoms with Crippen molar-refractivity contribution in [2.75, 3.05) is 16.8 Å². The summed E-state index contributed by atoms with van der Waals surface area (Å²) in [6, 6.07) is 5.33. The molecule has 0 aliphatic rings. The van der Waals surface area contributed by atoms with Gasteiger partial charge in [0.2, 0.25) is 5.91 Å². The molecule has 0 fully saturated rings. The van der Waals surface area contributed by atoms with Crippen LogP contribution in [0.15, 0.2) is 18.2 Å². The van der Waals surface area contributed by atoms with E-state index in [1.165, 1.54) is 0 Å². The average molecular weight is 268 g/mol. The molecule has 0 radical (unpaired) electrons. The quantitative estimate of drug-likeness (QED) is 0.824. The molecule has 0 bridgehead atoms. The Labute approximate surface area is 110 Å². The molecule has 4 nitrogen and oxygen atoms in total. The summed E-state index contributed by atoms with van der Waals surface area (Å²) in [5, 5.41) is 2.74. The summed E-state index contributed by atoms with van der Waals surface area (Å²) in [6.45, 7) is 7.39. The maximum absolute atomic E-state index is 11.8. The molecule has 1 unspecified atom stereocenters. The lowest BCUT2D eigenvalue weighted by Gasteiger charge is -2.17. The number of hydrogen-bond acceptors (Lipinski definition) is 3. The third-order valence-electron chi connectivity index (χ3n) is 2.59. The Kier molecular flexibility index (Phi) is 4.51. The molecule has 0 saturated carbocycles. The smallest absolute Gasteiger partial charge is 0.237 e. The normalized spacial score (nSPS) is 13.1. The van der Waals surface area contributed by atoms with Crippen LogP contribution in [-0.2, 0) is 15.6 Å². The number of hydrogen-bond donors (Lipinski definition) is 2. The van der Waals surface area contributed by atoms with E-state index in [0.29, 0.717) is 11.4 Å². The Morgan fingerprint density at radius 1 is 1.39 bits per heavy atom. The summed E-state index contributed by atoms with van der Waals surface area (Å²) in [4.78, 5) is 11.8. The van der Waals surface area contributed by atoms with Gasteiger partial charge in [0.1, 0.15) is 5.75 Å². The predicted octanol–water partition coefficient (Wildman–Crippen LogP) is 2.06. The Bertz CT molecular complexity index is 478. The standard InChI is InChI=1S/C13H20N2O2S/c1-9-10(14)6-5-7-11(9)15-12(16)8-18(17)13(2,3)4/h5-7H,8,14H2,1-4H3,(H,15,16). The number of nitrogen functional groups attached to an aromatic ring is 1. The van der Waals surface area contributed by atoms with Crippen LogP contribution in [0.4, 0.5) is 11.4 Å². The van der Waals surface area contributed by atoms with Crippen molar-refractivity contribution in [2.45, 2.75) is 32.4 Å². The SMILES string of the molecule is Cc1c(N)cccc1NC(=O)CS(=O)C(C)(C)C. The van der Waals surface area contributed by atoms with Gasteiger partial charge in [-0.3, -0.25) is 9.00 Å². The fourth-order valence-corrected chi connectivity index (χ4v) is 2.05. The van der Waals surface area contributed by atoms with Gasteiger partial charge in [-0.2, -0.15) is 0 Å². The van der Waals surface area contributed by atoms with Crippen LogP contribution in [-0.4, -0.2) is 20.6 Å². The minimum atomic E-state index is -1.20. The molecule has 0 spiro atoms. The summed E-state index contributed by atoms with van der Waals surface area (Å²) in [5.74, 6) is -0.255. The van der Waals surface area contributed by atoms with E-state index in [4.69, 9.17) is 5.73 Å². The van der Waals surface area contributed by atoms with Gasteiger partial charge in [0.25, 0.3) is 0 Å². The van der Waals surface area contributed by atoms with Crippen LogP contribution in [0.3, 0.4) is 0 Å². The average Bonchev–Trinajstić information content (AvgIpc) is 2.23. The molecule has 0 heterocycles. The summed E-state index contributed by atoms with van der Waals surface area (Å²) < 4.78 is 11.5. The van der Waals surface area contributed by atoms with Gasteiger partial charge in [0.15, 0.2) is 0 Å². The lowest BCUT2D eigenvalue weighted by molar-refractivity contribution is -0.113. The van der Waals surface area contributed by atoms with Crippen LogP contribution in [0.25, 0.3) is 0 Å². The summed E-state index contributed by atoms with van der Waals surface area (Å²) in [7, 11) is -1.20. The highest BCUT2D eigenvalue weighted by Crippen LogP contribution is 2.20. The predicted molar refractivity (Wildman–Crippen MR) is 77.0 cm³/mol. The molecule has 3 N–H and O–H groups in total. The molecule has 5 heteroatoms. The first-order valence-corrected chi connectivity index (χ1v) is 7.07. The highest BCUT2D eigenvalue weighted by Gasteiger charge is 2.22. The molecule has 1 aromatic carbocycles. The van der Waals surface area contributed by atoms with Gasteiger partial charge in [-0.15, -0.1) is 0 Å². The second-order valence-corrected chi connectivity index (χ2v) is 7.37. The molecular formula is C13H20N2O2S. The van der Waals surface area contributed by atoms with Crippen molar-refractivity contribution in [3.05, 3.63) is 23.8 Å². The van der Waals surface area contributed by atoms with Crippen molar-refractivity contribution in [3.8, 4) is 0 Å². The number of carbonyl (C=O) groups is 1. The molecule has 0 aliphatic heterocycles. The number of carbonyl (C=O) groups excluding carboxylic acids is 1. The lowest BCUT2D eigenvalue weighted by Crippen LogP contribution is -2.30. The van der Waals surface area contributed by atoms with Crippen molar-refractivity contribution >= 4 is 28.1 Å². The Morgan fingerprint density at radius 3 is 2.56 bits per heavy atom. The first kappa shape index (κ1) is 14.7. The summed E-state index contributed by atoms with van der Waals surface area (Å²) in [5.41, 5.74) is 7.88. The van der Waals surface area contributed by atoms with Crippen molar-refractivity contribution in [1.29, 1.82) is 0 Å². The molecule has 18 heavy (non-hydrogen) atoms. The molecule has 1 atom stereocenters. The van der Waals surface area contributed by atoms with Gasteiger partial charge in [0, 0.05) is 26.9 Å². The molecule has 1 rings (SSSR count). The maximum atomic E-state index is 11.8. The largest absolute Gasteiger partial charge is 0.398 e. The first-order valence-electron chi connectivity index (χ1n) is 5.75. The van der Waals surface area contributed by atoms with Gasteiger partial charge in [-0.1, -0.05) is 6.07 Å². The number of benzene rings is 1. The van der Waals surface area contributed by atoms with Crippen LogP contribution < -0.4 is 11.1 Å². The van der Waals surface area contributed by atoms with Crippen LogP contribution in [0.2, 0.25) is 0 Å². The highest BCUT2D eigenvalue weighted by atomic mass is 32.2.